The molecule has 5 rings (SSSR count). The zero-order chi connectivity index (χ0) is 23.0. The van der Waals surface area contributed by atoms with Crippen LogP contribution in [0.2, 0.25) is 0 Å². The van der Waals surface area contributed by atoms with Crippen LogP contribution in [-0.4, -0.2) is 50.3 Å². The number of amides is 1. The van der Waals surface area contributed by atoms with Crippen molar-refractivity contribution in [1.82, 2.24) is 30.6 Å². The average molecular weight is 449 g/mol. The molecule has 0 radical (unpaired) electrons. The SMILES string of the molecule is Cc1noc([C@]23C[C@H](NC(=O)CCc4c(C)n[nH]c4C)C[C@H]2CN(Cc2ccccc2)C3)n1. The molecular formula is C25H32N6O2. The first kappa shape index (κ1) is 21.8. The molecule has 3 atom stereocenters. The van der Waals surface area contributed by atoms with Crippen LogP contribution in [-0.2, 0) is 23.2 Å². The van der Waals surface area contributed by atoms with Crippen LogP contribution in [0, 0.1) is 26.7 Å². The molecule has 8 heteroatoms. The zero-order valence-corrected chi connectivity index (χ0v) is 19.6. The Morgan fingerprint density at radius 3 is 2.79 bits per heavy atom. The van der Waals surface area contributed by atoms with E-state index in [1.54, 1.807) is 0 Å². The summed E-state index contributed by atoms with van der Waals surface area (Å²) < 4.78 is 5.72. The van der Waals surface area contributed by atoms with Crippen LogP contribution in [0.3, 0.4) is 0 Å². The number of aromatic nitrogens is 4. The molecule has 1 saturated carbocycles. The maximum absolute atomic E-state index is 12.8. The fraction of sp³-hybridized carbons (Fsp3) is 0.520. The van der Waals surface area contributed by atoms with Crippen LogP contribution in [0.15, 0.2) is 34.9 Å². The minimum absolute atomic E-state index is 0.0953. The van der Waals surface area contributed by atoms with E-state index in [4.69, 9.17) is 4.52 Å². The molecule has 2 fully saturated rings. The molecule has 2 N–H and O–H groups in total. The number of H-pyrrole nitrogens is 1. The summed E-state index contributed by atoms with van der Waals surface area (Å²) in [6.07, 6.45) is 2.94. The fourth-order valence-electron chi connectivity index (χ4n) is 5.86. The summed E-state index contributed by atoms with van der Waals surface area (Å²) in [5.41, 5.74) is 4.26. The molecule has 174 valence electrons. The number of fused-ring (bicyclic) bond motifs is 1. The van der Waals surface area contributed by atoms with Crippen molar-refractivity contribution in [3.05, 3.63) is 64.6 Å². The lowest BCUT2D eigenvalue weighted by Gasteiger charge is -2.25. The Bertz CT molecular complexity index is 1100. The molecule has 0 spiro atoms. The molecule has 2 aromatic heterocycles. The zero-order valence-electron chi connectivity index (χ0n) is 19.6. The molecule has 1 aliphatic carbocycles. The van der Waals surface area contributed by atoms with Gasteiger partial charge in [-0.1, -0.05) is 35.5 Å². The van der Waals surface area contributed by atoms with Gasteiger partial charge >= 0.3 is 0 Å². The van der Waals surface area contributed by atoms with Crippen LogP contribution >= 0.6 is 0 Å². The van der Waals surface area contributed by atoms with Gasteiger partial charge in [0.15, 0.2) is 5.82 Å². The second-order valence-electron chi connectivity index (χ2n) is 9.77. The molecule has 1 saturated heterocycles. The molecule has 1 aliphatic heterocycles. The lowest BCUT2D eigenvalue weighted by molar-refractivity contribution is -0.121. The van der Waals surface area contributed by atoms with Gasteiger partial charge in [-0.3, -0.25) is 14.8 Å². The largest absolute Gasteiger partial charge is 0.353 e. The summed E-state index contributed by atoms with van der Waals surface area (Å²) in [5.74, 6) is 1.86. The minimum Gasteiger partial charge on any atom is -0.353 e. The number of likely N-dealkylation sites (tertiary alicyclic amines) is 1. The number of rotatable bonds is 7. The molecule has 33 heavy (non-hydrogen) atoms. The van der Waals surface area contributed by atoms with Crippen molar-refractivity contribution in [2.75, 3.05) is 13.1 Å². The van der Waals surface area contributed by atoms with E-state index in [1.165, 1.54) is 5.56 Å². The topological polar surface area (TPSA) is 99.9 Å². The number of carbonyl (C=O) groups is 1. The van der Waals surface area contributed by atoms with Crippen LogP contribution in [0.5, 0.6) is 0 Å². The summed E-state index contributed by atoms with van der Waals surface area (Å²) in [5, 5.41) is 14.6. The summed E-state index contributed by atoms with van der Waals surface area (Å²) in [7, 11) is 0. The number of nitrogens with zero attached hydrogens (tertiary/aromatic N) is 4. The average Bonchev–Trinajstić information content (AvgIpc) is 3.52. The third-order valence-corrected chi connectivity index (χ3v) is 7.40. The molecule has 3 heterocycles. The van der Waals surface area contributed by atoms with Crippen LogP contribution < -0.4 is 5.32 Å². The Balaban J connectivity index is 1.26. The van der Waals surface area contributed by atoms with Gasteiger partial charge in [-0.2, -0.15) is 10.1 Å². The lowest BCUT2D eigenvalue weighted by Crippen LogP contribution is -2.38. The molecule has 8 nitrogen and oxygen atoms in total. The highest BCUT2D eigenvalue weighted by molar-refractivity contribution is 5.76. The summed E-state index contributed by atoms with van der Waals surface area (Å²) in [6.45, 7) is 8.59. The van der Waals surface area contributed by atoms with E-state index in [-0.39, 0.29) is 17.4 Å². The Morgan fingerprint density at radius 1 is 1.27 bits per heavy atom. The normalized spacial score (nSPS) is 24.8. The van der Waals surface area contributed by atoms with Gasteiger partial charge in [0.05, 0.1) is 11.1 Å². The number of benzene rings is 1. The maximum atomic E-state index is 12.8. The van der Waals surface area contributed by atoms with E-state index in [0.29, 0.717) is 24.6 Å². The van der Waals surface area contributed by atoms with Crippen molar-refractivity contribution in [2.45, 2.75) is 64.5 Å². The molecule has 0 bridgehead atoms. The van der Waals surface area contributed by atoms with Gasteiger partial charge in [-0.15, -0.1) is 0 Å². The van der Waals surface area contributed by atoms with Crippen LogP contribution in [0.25, 0.3) is 0 Å². The van der Waals surface area contributed by atoms with Gasteiger partial charge in [0.1, 0.15) is 0 Å². The number of hydrogen-bond acceptors (Lipinski definition) is 6. The highest BCUT2D eigenvalue weighted by Crippen LogP contribution is 2.50. The van der Waals surface area contributed by atoms with Gasteiger partial charge in [0, 0.05) is 37.8 Å². The van der Waals surface area contributed by atoms with Gasteiger partial charge in [-0.25, -0.2) is 0 Å². The highest BCUT2D eigenvalue weighted by Gasteiger charge is 2.57. The number of aryl methyl sites for hydroxylation is 3. The molecule has 3 aromatic rings. The third-order valence-electron chi connectivity index (χ3n) is 7.40. The first-order valence-electron chi connectivity index (χ1n) is 11.8. The van der Waals surface area contributed by atoms with E-state index in [2.05, 4.69) is 54.8 Å². The number of aromatic amines is 1. The van der Waals surface area contributed by atoms with Gasteiger partial charge in [0.2, 0.25) is 11.8 Å². The lowest BCUT2D eigenvalue weighted by atomic mass is 9.80. The predicted molar refractivity (Wildman–Crippen MR) is 123 cm³/mol. The van der Waals surface area contributed by atoms with Gasteiger partial charge in [-0.05, 0) is 57.1 Å². The quantitative estimate of drug-likeness (QED) is 0.576. The minimum atomic E-state index is -0.203. The van der Waals surface area contributed by atoms with Crippen LogP contribution in [0.4, 0.5) is 0 Å². The number of nitrogens with one attached hydrogen (secondary N) is 2. The van der Waals surface area contributed by atoms with E-state index in [9.17, 15) is 4.79 Å². The summed E-state index contributed by atoms with van der Waals surface area (Å²) >= 11 is 0. The first-order chi connectivity index (χ1) is 15.9. The fourth-order valence-corrected chi connectivity index (χ4v) is 5.86. The Morgan fingerprint density at radius 2 is 2.09 bits per heavy atom. The van der Waals surface area contributed by atoms with E-state index in [0.717, 1.165) is 55.3 Å². The molecule has 1 aromatic carbocycles. The number of hydrogen-bond donors (Lipinski definition) is 2. The summed E-state index contributed by atoms with van der Waals surface area (Å²) in [4.78, 5) is 19.9. The Labute approximate surface area is 194 Å². The highest BCUT2D eigenvalue weighted by atomic mass is 16.5. The smallest absolute Gasteiger partial charge is 0.234 e. The number of carbonyl (C=O) groups excluding carboxylic acids is 1. The third kappa shape index (κ3) is 4.31. The van der Waals surface area contributed by atoms with Crippen molar-refractivity contribution in [3.63, 3.8) is 0 Å². The predicted octanol–water partition coefficient (Wildman–Crippen LogP) is 3.00. The molecule has 1 amide bonds. The Kier molecular flexibility index (Phi) is 5.78. The monoisotopic (exact) mass is 448 g/mol. The summed E-state index contributed by atoms with van der Waals surface area (Å²) in [6, 6.07) is 10.7. The first-order valence-corrected chi connectivity index (χ1v) is 11.8. The molecule has 2 aliphatic rings. The Hall–Kier alpha value is -3.00. The molecular weight excluding hydrogens is 416 g/mol. The standard InChI is InChI=1S/C25H32N6O2/c1-16-22(17(2)29-28-16)9-10-23(32)27-21-11-20-14-31(13-19-7-5-4-6-8-19)15-25(20,12-21)24-26-18(3)30-33-24/h4-8,20-21H,9-15H2,1-3H3,(H,27,32)(H,28,29)/t20-,21+,25-/m0/s1. The van der Waals surface area contributed by atoms with Gasteiger partial charge in [0.25, 0.3) is 0 Å². The van der Waals surface area contributed by atoms with Crippen LogP contribution in [0.1, 0.15) is 53.5 Å². The van der Waals surface area contributed by atoms with E-state index >= 15 is 0 Å². The second kappa shape index (κ2) is 8.74. The van der Waals surface area contributed by atoms with E-state index in [1.807, 2.05) is 26.8 Å². The van der Waals surface area contributed by atoms with E-state index < -0.39 is 0 Å². The van der Waals surface area contributed by atoms with Crippen molar-refractivity contribution < 1.29 is 9.32 Å². The van der Waals surface area contributed by atoms with Gasteiger partial charge < -0.3 is 9.84 Å². The van der Waals surface area contributed by atoms with Crippen molar-refractivity contribution in [2.24, 2.45) is 5.92 Å². The second-order valence-corrected chi connectivity index (χ2v) is 9.77. The molecule has 0 unspecified atom stereocenters. The van der Waals surface area contributed by atoms with Crippen molar-refractivity contribution in [3.8, 4) is 0 Å². The van der Waals surface area contributed by atoms with Crippen molar-refractivity contribution in [1.29, 1.82) is 0 Å². The maximum Gasteiger partial charge on any atom is 0.234 e. The van der Waals surface area contributed by atoms with Crippen molar-refractivity contribution >= 4 is 5.91 Å².